The molecule has 0 bridgehead atoms. The maximum Gasteiger partial charge on any atom is 0.312 e. The van der Waals surface area contributed by atoms with Gasteiger partial charge in [0, 0.05) is 29.8 Å². The van der Waals surface area contributed by atoms with Crippen LogP contribution >= 0.6 is 11.6 Å². The second-order valence-electron chi connectivity index (χ2n) is 7.49. The number of amides is 2. The summed E-state index contributed by atoms with van der Waals surface area (Å²) in [4.78, 5) is 49.9. The van der Waals surface area contributed by atoms with E-state index in [4.69, 9.17) is 16.3 Å². The maximum absolute atomic E-state index is 13.1. The Morgan fingerprint density at radius 1 is 1.12 bits per heavy atom. The van der Waals surface area contributed by atoms with E-state index in [0.29, 0.717) is 5.56 Å². The Morgan fingerprint density at radius 3 is 2.38 bits per heavy atom. The number of ketones is 1. The molecular weight excluding hydrogens is 439 g/mol. The molecular formula is C23H22ClFN2O5. The third-order valence-corrected chi connectivity index (χ3v) is 5.28. The van der Waals surface area contributed by atoms with Crippen LogP contribution in [0.25, 0.3) is 0 Å². The highest BCUT2D eigenvalue weighted by molar-refractivity contribution is 6.18. The minimum atomic E-state index is -1.16. The summed E-state index contributed by atoms with van der Waals surface area (Å²) in [6.45, 7) is 1.81. The molecule has 2 aromatic carbocycles. The largest absolute Gasteiger partial charge is 0.454 e. The zero-order valence-electron chi connectivity index (χ0n) is 17.3. The van der Waals surface area contributed by atoms with E-state index in [1.54, 1.807) is 24.3 Å². The standard InChI is InChI=1S/C23H22ClFN2O5/c1-14-2-4-16(5-3-14)22(30)26-27-13-17(12-20(27)28)23(31)32-19(10-11-24)21(29)15-6-8-18(25)9-7-15/h2-9,17,19H,10-13H2,1H3,(H,26,30)/t17-,19-/m0/s1. The Labute approximate surface area is 189 Å². The molecule has 7 nitrogen and oxygen atoms in total. The number of benzene rings is 2. The number of rotatable bonds is 8. The lowest BCUT2D eigenvalue weighted by molar-refractivity contribution is -0.151. The Bertz CT molecular complexity index is 1010. The van der Waals surface area contributed by atoms with Crippen LogP contribution in [0.2, 0.25) is 0 Å². The number of halogens is 2. The minimum absolute atomic E-state index is 0.0627. The quantitative estimate of drug-likeness (QED) is 0.371. The van der Waals surface area contributed by atoms with Crippen LogP contribution in [-0.2, 0) is 14.3 Å². The van der Waals surface area contributed by atoms with Crippen molar-refractivity contribution in [3.8, 4) is 0 Å². The highest BCUT2D eigenvalue weighted by Crippen LogP contribution is 2.21. The van der Waals surface area contributed by atoms with E-state index in [1.807, 2.05) is 6.92 Å². The highest BCUT2D eigenvalue weighted by atomic mass is 35.5. The molecule has 2 atom stereocenters. The number of nitrogens with one attached hydrogen (secondary N) is 1. The fourth-order valence-electron chi connectivity index (χ4n) is 3.24. The Hall–Kier alpha value is -3.26. The molecule has 1 saturated heterocycles. The van der Waals surface area contributed by atoms with E-state index in [2.05, 4.69) is 5.43 Å². The Kier molecular flexibility index (Phi) is 7.58. The number of Topliss-reactive ketones (excluding diaryl/α,β-unsaturated/α-hetero) is 1. The van der Waals surface area contributed by atoms with Crippen LogP contribution < -0.4 is 5.43 Å². The van der Waals surface area contributed by atoms with Crippen molar-refractivity contribution >= 4 is 35.2 Å². The van der Waals surface area contributed by atoms with Crippen molar-refractivity contribution in [2.75, 3.05) is 12.4 Å². The first-order valence-corrected chi connectivity index (χ1v) is 10.6. The lowest BCUT2D eigenvalue weighted by atomic mass is 10.0. The van der Waals surface area contributed by atoms with Gasteiger partial charge in [-0.05, 0) is 43.3 Å². The summed E-state index contributed by atoms with van der Waals surface area (Å²) in [7, 11) is 0. The van der Waals surface area contributed by atoms with Crippen LogP contribution in [0.4, 0.5) is 4.39 Å². The van der Waals surface area contributed by atoms with Gasteiger partial charge in [-0.15, -0.1) is 11.6 Å². The van der Waals surface area contributed by atoms with Gasteiger partial charge in [0.15, 0.2) is 6.10 Å². The van der Waals surface area contributed by atoms with E-state index >= 15 is 0 Å². The second kappa shape index (κ2) is 10.4. The molecule has 0 saturated carbocycles. The lowest BCUT2D eigenvalue weighted by Gasteiger charge is -2.19. The molecule has 0 spiro atoms. The first-order valence-electron chi connectivity index (χ1n) is 10.0. The first kappa shape index (κ1) is 23.4. The van der Waals surface area contributed by atoms with Crippen LogP contribution in [0.5, 0.6) is 0 Å². The molecule has 1 N–H and O–H groups in total. The maximum atomic E-state index is 13.1. The van der Waals surface area contributed by atoms with Crippen molar-refractivity contribution in [1.29, 1.82) is 0 Å². The molecule has 2 amide bonds. The molecule has 168 valence electrons. The Morgan fingerprint density at radius 2 is 1.75 bits per heavy atom. The zero-order chi connectivity index (χ0) is 23.3. The number of hydrogen-bond acceptors (Lipinski definition) is 5. The van der Waals surface area contributed by atoms with Crippen molar-refractivity contribution in [2.24, 2.45) is 5.92 Å². The number of hydrogen-bond donors (Lipinski definition) is 1. The number of ether oxygens (including phenoxy) is 1. The lowest BCUT2D eigenvalue weighted by Crippen LogP contribution is -2.43. The van der Waals surface area contributed by atoms with Gasteiger partial charge in [0.1, 0.15) is 5.82 Å². The predicted molar refractivity (Wildman–Crippen MR) is 114 cm³/mol. The molecule has 2 aromatic rings. The van der Waals surface area contributed by atoms with Gasteiger partial charge in [-0.3, -0.25) is 29.6 Å². The van der Waals surface area contributed by atoms with Crippen LogP contribution in [-0.4, -0.2) is 47.1 Å². The summed E-state index contributed by atoms with van der Waals surface area (Å²) in [6, 6.07) is 11.7. The summed E-state index contributed by atoms with van der Waals surface area (Å²) in [6.07, 6.45) is -1.25. The fourth-order valence-corrected chi connectivity index (χ4v) is 3.44. The third kappa shape index (κ3) is 5.70. The van der Waals surface area contributed by atoms with Crippen molar-refractivity contribution in [3.63, 3.8) is 0 Å². The molecule has 0 unspecified atom stereocenters. The molecule has 9 heteroatoms. The minimum Gasteiger partial charge on any atom is -0.454 e. The summed E-state index contributed by atoms with van der Waals surface area (Å²) in [5.74, 6) is -3.44. The molecule has 0 aliphatic carbocycles. The van der Waals surface area contributed by atoms with E-state index in [0.717, 1.165) is 22.7 Å². The van der Waals surface area contributed by atoms with Gasteiger partial charge < -0.3 is 4.74 Å². The molecule has 1 heterocycles. The van der Waals surface area contributed by atoms with Gasteiger partial charge in [-0.1, -0.05) is 17.7 Å². The number of nitrogens with zero attached hydrogens (tertiary/aromatic N) is 1. The number of hydrazine groups is 1. The van der Waals surface area contributed by atoms with Crippen LogP contribution in [0.15, 0.2) is 48.5 Å². The number of esters is 1. The molecule has 1 fully saturated rings. The Balaban J connectivity index is 1.61. The fraction of sp³-hybridized carbons (Fsp3) is 0.304. The first-order chi connectivity index (χ1) is 15.3. The number of aryl methyl sites for hydroxylation is 1. The van der Waals surface area contributed by atoms with E-state index in [9.17, 15) is 23.6 Å². The van der Waals surface area contributed by atoms with Gasteiger partial charge in [0.05, 0.1) is 12.5 Å². The zero-order valence-corrected chi connectivity index (χ0v) is 18.1. The molecule has 32 heavy (non-hydrogen) atoms. The summed E-state index contributed by atoms with van der Waals surface area (Å²) < 4.78 is 18.5. The van der Waals surface area contributed by atoms with E-state index < -0.39 is 41.4 Å². The summed E-state index contributed by atoms with van der Waals surface area (Å²) >= 11 is 5.75. The molecule has 1 aliphatic heterocycles. The topological polar surface area (TPSA) is 92.8 Å². The highest BCUT2D eigenvalue weighted by Gasteiger charge is 2.38. The average molecular weight is 461 g/mol. The van der Waals surface area contributed by atoms with Crippen molar-refractivity contribution in [1.82, 2.24) is 10.4 Å². The summed E-state index contributed by atoms with van der Waals surface area (Å²) in [5.41, 5.74) is 4.04. The molecule has 0 radical (unpaired) electrons. The van der Waals surface area contributed by atoms with E-state index in [1.165, 1.54) is 12.1 Å². The molecule has 0 aromatic heterocycles. The van der Waals surface area contributed by atoms with Crippen LogP contribution in [0.1, 0.15) is 39.1 Å². The van der Waals surface area contributed by atoms with Gasteiger partial charge in [0.2, 0.25) is 11.7 Å². The second-order valence-corrected chi connectivity index (χ2v) is 7.86. The summed E-state index contributed by atoms with van der Waals surface area (Å²) in [5, 5.41) is 1.08. The smallest absolute Gasteiger partial charge is 0.312 e. The van der Waals surface area contributed by atoms with Crippen molar-refractivity contribution in [2.45, 2.75) is 25.9 Å². The van der Waals surface area contributed by atoms with Gasteiger partial charge in [-0.2, -0.15) is 0 Å². The third-order valence-electron chi connectivity index (χ3n) is 5.06. The molecule has 1 aliphatic rings. The number of alkyl halides is 1. The van der Waals surface area contributed by atoms with Gasteiger partial charge in [0.25, 0.3) is 5.91 Å². The normalized spacial score (nSPS) is 16.5. The monoisotopic (exact) mass is 460 g/mol. The van der Waals surface area contributed by atoms with Gasteiger partial charge in [-0.25, -0.2) is 4.39 Å². The van der Waals surface area contributed by atoms with Crippen LogP contribution in [0, 0.1) is 18.7 Å². The molecule has 3 rings (SSSR count). The average Bonchev–Trinajstić information content (AvgIpc) is 3.14. The SMILES string of the molecule is Cc1ccc(C(=O)NN2C[C@@H](C(=O)O[C@@H](CCCl)C(=O)c3ccc(F)cc3)CC2=O)cc1. The van der Waals surface area contributed by atoms with Crippen molar-refractivity contribution in [3.05, 3.63) is 71.0 Å². The number of carbonyl (C=O) groups excluding carboxylic acids is 4. The van der Waals surface area contributed by atoms with Crippen molar-refractivity contribution < 1.29 is 28.3 Å². The van der Waals surface area contributed by atoms with E-state index in [-0.39, 0.29) is 30.8 Å². The number of carbonyl (C=O) groups is 4. The predicted octanol–water partition coefficient (Wildman–Crippen LogP) is 3.05. The van der Waals surface area contributed by atoms with Gasteiger partial charge >= 0.3 is 5.97 Å². The van der Waals surface area contributed by atoms with Crippen LogP contribution in [0.3, 0.4) is 0 Å².